The van der Waals surface area contributed by atoms with Gasteiger partial charge in [0.15, 0.2) is 6.61 Å². The second-order valence-electron chi connectivity index (χ2n) is 3.49. The number of amides is 1. The van der Waals surface area contributed by atoms with Crippen LogP contribution in [0.4, 0.5) is 0 Å². The van der Waals surface area contributed by atoms with Crippen LogP contribution in [0.2, 0.25) is 0 Å². The summed E-state index contributed by atoms with van der Waals surface area (Å²) in [4.78, 5) is 11.4. The largest absolute Gasteiger partial charge is 0.482 e. The van der Waals surface area contributed by atoms with Crippen LogP contribution in [0.1, 0.15) is 12.5 Å². The predicted molar refractivity (Wildman–Crippen MR) is 64.5 cm³/mol. The Hall–Kier alpha value is -2.28. The first-order chi connectivity index (χ1) is 8.17. The van der Waals surface area contributed by atoms with Crippen molar-refractivity contribution in [3.05, 3.63) is 42.5 Å². The van der Waals surface area contributed by atoms with Crippen LogP contribution in [0, 0.1) is 11.3 Å². The molecule has 0 heterocycles. The molecule has 0 fully saturated rings. The van der Waals surface area contributed by atoms with E-state index in [1.54, 1.807) is 30.3 Å². The minimum absolute atomic E-state index is 0.0997. The van der Waals surface area contributed by atoms with Crippen LogP contribution >= 0.6 is 0 Å². The minimum Gasteiger partial charge on any atom is -0.482 e. The Morgan fingerprint density at radius 3 is 3.00 bits per heavy atom. The number of hydrogen-bond donors (Lipinski definition) is 1. The Morgan fingerprint density at radius 1 is 1.65 bits per heavy atom. The molecule has 1 amide bonds. The van der Waals surface area contributed by atoms with Gasteiger partial charge in [0.2, 0.25) is 0 Å². The molecule has 0 aliphatic rings. The highest BCUT2D eigenvalue weighted by molar-refractivity contribution is 5.78. The molecule has 1 N–H and O–H groups in total. The van der Waals surface area contributed by atoms with Gasteiger partial charge in [-0.15, -0.1) is 6.58 Å². The summed E-state index contributed by atoms with van der Waals surface area (Å²) in [7, 11) is 0. The van der Waals surface area contributed by atoms with E-state index in [2.05, 4.69) is 11.9 Å². The average Bonchev–Trinajstić information content (AvgIpc) is 2.36. The van der Waals surface area contributed by atoms with Crippen LogP contribution in [0.5, 0.6) is 5.75 Å². The molecule has 0 aromatic heterocycles. The van der Waals surface area contributed by atoms with Gasteiger partial charge in [0.1, 0.15) is 11.8 Å². The monoisotopic (exact) mass is 230 g/mol. The fourth-order valence-electron chi connectivity index (χ4n) is 1.18. The van der Waals surface area contributed by atoms with Crippen molar-refractivity contribution in [3.8, 4) is 11.8 Å². The third kappa shape index (κ3) is 3.99. The number of carbonyl (C=O) groups excluding carboxylic acids is 1. The van der Waals surface area contributed by atoms with Gasteiger partial charge < -0.3 is 10.1 Å². The standard InChI is InChI=1S/C13H14N2O2/c1-3-10(2)15-13(16)9-17-12-7-5-4-6-11(12)8-14/h3-7,10H,1,9H2,2H3,(H,15,16). The highest BCUT2D eigenvalue weighted by Gasteiger charge is 2.07. The summed E-state index contributed by atoms with van der Waals surface area (Å²) < 4.78 is 5.27. The second-order valence-corrected chi connectivity index (χ2v) is 3.49. The topological polar surface area (TPSA) is 62.1 Å². The van der Waals surface area contributed by atoms with E-state index in [0.717, 1.165) is 0 Å². The molecule has 17 heavy (non-hydrogen) atoms. The molecule has 0 radical (unpaired) electrons. The van der Waals surface area contributed by atoms with Crippen LogP contribution in [-0.2, 0) is 4.79 Å². The molecule has 0 saturated heterocycles. The quantitative estimate of drug-likeness (QED) is 0.782. The van der Waals surface area contributed by atoms with Crippen molar-refractivity contribution in [1.29, 1.82) is 5.26 Å². The van der Waals surface area contributed by atoms with Gasteiger partial charge in [0.25, 0.3) is 5.91 Å². The number of ether oxygens (including phenoxy) is 1. The zero-order chi connectivity index (χ0) is 12.7. The molecule has 1 aromatic carbocycles. The summed E-state index contributed by atoms with van der Waals surface area (Å²) >= 11 is 0. The number of nitrogens with one attached hydrogen (secondary N) is 1. The van der Waals surface area contributed by atoms with Gasteiger partial charge in [0, 0.05) is 6.04 Å². The third-order valence-corrected chi connectivity index (χ3v) is 2.11. The molecule has 0 aliphatic heterocycles. The maximum Gasteiger partial charge on any atom is 0.258 e. The van der Waals surface area contributed by atoms with Crippen LogP contribution in [0.15, 0.2) is 36.9 Å². The molecule has 0 bridgehead atoms. The van der Waals surface area contributed by atoms with Crippen molar-refractivity contribution in [1.82, 2.24) is 5.32 Å². The number of carbonyl (C=O) groups is 1. The first-order valence-electron chi connectivity index (χ1n) is 5.21. The molecular weight excluding hydrogens is 216 g/mol. The fraction of sp³-hybridized carbons (Fsp3) is 0.231. The third-order valence-electron chi connectivity index (χ3n) is 2.11. The Labute approximate surface area is 101 Å². The number of hydrogen-bond acceptors (Lipinski definition) is 3. The molecule has 4 nitrogen and oxygen atoms in total. The molecule has 4 heteroatoms. The first kappa shape index (κ1) is 12.8. The lowest BCUT2D eigenvalue weighted by atomic mass is 10.2. The highest BCUT2D eigenvalue weighted by atomic mass is 16.5. The van der Waals surface area contributed by atoms with Gasteiger partial charge in [-0.2, -0.15) is 5.26 Å². The zero-order valence-corrected chi connectivity index (χ0v) is 9.64. The smallest absolute Gasteiger partial charge is 0.258 e. The van der Waals surface area contributed by atoms with Crippen LogP contribution in [-0.4, -0.2) is 18.6 Å². The molecule has 0 aliphatic carbocycles. The van der Waals surface area contributed by atoms with Crippen molar-refractivity contribution < 1.29 is 9.53 Å². The van der Waals surface area contributed by atoms with Crippen molar-refractivity contribution >= 4 is 5.91 Å². The summed E-state index contributed by atoms with van der Waals surface area (Å²) in [5, 5.41) is 11.5. The Morgan fingerprint density at radius 2 is 2.35 bits per heavy atom. The van der Waals surface area contributed by atoms with E-state index in [9.17, 15) is 4.79 Å². The predicted octanol–water partition coefficient (Wildman–Crippen LogP) is 1.63. The van der Waals surface area contributed by atoms with E-state index in [4.69, 9.17) is 10.00 Å². The van der Waals surface area contributed by atoms with Crippen molar-refractivity contribution in [2.24, 2.45) is 0 Å². The molecular formula is C13H14N2O2. The van der Waals surface area contributed by atoms with E-state index >= 15 is 0 Å². The maximum atomic E-state index is 11.4. The van der Waals surface area contributed by atoms with E-state index in [1.807, 2.05) is 13.0 Å². The van der Waals surface area contributed by atoms with Gasteiger partial charge in [-0.3, -0.25) is 4.79 Å². The summed E-state index contributed by atoms with van der Waals surface area (Å²) in [5.41, 5.74) is 0.414. The zero-order valence-electron chi connectivity index (χ0n) is 9.64. The number of para-hydroxylation sites is 1. The molecule has 1 rings (SSSR count). The van der Waals surface area contributed by atoms with Crippen molar-refractivity contribution in [2.45, 2.75) is 13.0 Å². The van der Waals surface area contributed by atoms with Crippen molar-refractivity contribution in [2.75, 3.05) is 6.61 Å². The molecule has 1 aromatic rings. The Kier molecular flexibility index (Phi) is 4.77. The van der Waals surface area contributed by atoms with Gasteiger partial charge in [0.05, 0.1) is 5.56 Å². The molecule has 88 valence electrons. The van der Waals surface area contributed by atoms with E-state index < -0.39 is 0 Å². The normalized spacial score (nSPS) is 11.1. The summed E-state index contributed by atoms with van der Waals surface area (Å²) in [6, 6.07) is 8.68. The number of rotatable bonds is 5. The summed E-state index contributed by atoms with van der Waals surface area (Å²) in [6.45, 7) is 5.26. The van der Waals surface area contributed by atoms with Crippen LogP contribution in [0.3, 0.4) is 0 Å². The van der Waals surface area contributed by atoms with E-state index in [1.165, 1.54) is 0 Å². The molecule has 1 atom stereocenters. The first-order valence-corrected chi connectivity index (χ1v) is 5.21. The number of benzene rings is 1. The summed E-state index contributed by atoms with van der Waals surface area (Å²) in [6.07, 6.45) is 1.63. The fourth-order valence-corrected chi connectivity index (χ4v) is 1.18. The lowest BCUT2D eigenvalue weighted by Gasteiger charge is -2.10. The Bertz CT molecular complexity index is 449. The average molecular weight is 230 g/mol. The lowest BCUT2D eigenvalue weighted by molar-refractivity contribution is -0.123. The van der Waals surface area contributed by atoms with E-state index in [0.29, 0.717) is 11.3 Å². The van der Waals surface area contributed by atoms with Crippen LogP contribution < -0.4 is 10.1 Å². The van der Waals surface area contributed by atoms with E-state index in [-0.39, 0.29) is 18.6 Å². The Balaban J connectivity index is 2.53. The SMILES string of the molecule is C=CC(C)NC(=O)COc1ccccc1C#N. The molecule has 0 saturated carbocycles. The van der Waals surface area contributed by atoms with Crippen LogP contribution in [0.25, 0.3) is 0 Å². The van der Waals surface area contributed by atoms with Gasteiger partial charge >= 0.3 is 0 Å². The minimum atomic E-state index is -0.245. The van der Waals surface area contributed by atoms with Crippen molar-refractivity contribution in [3.63, 3.8) is 0 Å². The van der Waals surface area contributed by atoms with Gasteiger partial charge in [-0.05, 0) is 19.1 Å². The summed E-state index contributed by atoms with van der Waals surface area (Å²) in [5.74, 6) is 0.168. The number of nitriles is 1. The molecule has 1 unspecified atom stereocenters. The highest BCUT2D eigenvalue weighted by Crippen LogP contribution is 2.16. The number of nitrogens with zero attached hydrogens (tertiary/aromatic N) is 1. The second kappa shape index (κ2) is 6.33. The maximum absolute atomic E-state index is 11.4. The van der Waals surface area contributed by atoms with Gasteiger partial charge in [-0.25, -0.2) is 0 Å². The lowest BCUT2D eigenvalue weighted by Crippen LogP contribution is -2.34. The molecule has 0 spiro atoms. The van der Waals surface area contributed by atoms with Gasteiger partial charge in [-0.1, -0.05) is 18.2 Å².